The van der Waals surface area contributed by atoms with Gasteiger partial charge in [-0.1, -0.05) is 59.1 Å². The van der Waals surface area contributed by atoms with Crippen LogP contribution in [0.1, 0.15) is 54.7 Å². The molecule has 3 aromatic carbocycles. The van der Waals surface area contributed by atoms with Gasteiger partial charge in [-0.05, 0) is 110 Å². The van der Waals surface area contributed by atoms with Gasteiger partial charge in [-0.2, -0.15) is 0 Å². The average Bonchev–Trinajstić information content (AvgIpc) is 3.61. The summed E-state index contributed by atoms with van der Waals surface area (Å²) >= 11 is 18.5. The average molecular weight is 507 g/mol. The van der Waals surface area contributed by atoms with Crippen LogP contribution in [-0.4, -0.2) is 0 Å². The summed E-state index contributed by atoms with van der Waals surface area (Å²) < 4.78 is 27.7. The summed E-state index contributed by atoms with van der Waals surface area (Å²) in [6.45, 7) is 0. The molecule has 1 aliphatic carbocycles. The third-order valence-corrected chi connectivity index (χ3v) is 7.29. The van der Waals surface area contributed by atoms with Crippen LogP contribution in [0.4, 0.5) is 8.78 Å². The fraction of sp³-hybridized carbons (Fsp3) is 0.321. The molecule has 0 amide bonds. The summed E-state index contributed by atoms with van der Waals surface area (Å²) in [5.41, 5.74) is 2.90. The minimum absolute atomic E-state index is 0.325. The molecule has 0 heterocycles. The van der Waals surface area contributed by atoms with Crippen molar-refractivity contribution >= 4 is 34.8 Å². The summed E-state index contributed by atoms with van der Waals surface area (Å²) in [6.07, 6.45) is 6.43. The normalized spacial score (nSPS) is 14.6. The summed E-state index contributed by atoms with van der Waals surface area (Å²) in [5, 5.41) is 2.04. The van der Waals surface area contributed by atoms with Crippen LogP contribution in [-0.2, 0) is 12.8 Å². The number of aryl methyl sites for hydroxylation is 2. The molecule has 3 aromatic rings. The van der Waals surface area contributed by atoms with Gasteiger partial charge in [0, 0.05) is 21.1 Å². The van der Waals surface area contributed by atoms with Crippen molar-refractivity contribution in [1.29, 1.82) is 0 Å². The van der Waals surface area contributed by atoms with E-state index in [2.05, 4.69) is 12.1 Å². The minimum Gasteiger partial charge on any atom is -0.207 e. The largest absolute Gasteiger partial charge is 0.207 e. The fourth-order valence-corrected chi connectivity index (χ4v) is 5.26. The Morgan fingerprint density at radius 2 is 1.48 bits per heavy atom. The van der Waals surface area contributed by atoms with E-state index >= 15 is 0 Å². The molecule has 1 unspecified atom stereocenters. The summed E-state index contributed by atoms with van der Waals surface area (Å²) in [6, 6.07) is 17.6. The molecule has 1 aliphatic rings. The molecule has 0 bridgehead atoms. The molecule has 1 saturated carbocycles. The monoisotopic (exact) mass is 505 g/mol. The second-order valence-corrected chi connectivity index (χ2v) is 10.1. The lowest BCUT2D eigenvalue weighted by Gasteiger charge is -2.28. The molecular weight excluding hydrogens is 481 g/mol. The van der Waals surface area contributed by atoms with Gasteiger partial charge in [0.25, 0.3) is 0 Å². The van der Waals surface area contributed by atoms with Crippen LogP contribution in [0.3, 0.4) is 0 Å². The molecule has 1 radical (unpaired) electrons. The van der Waals surface area contributed by atoms with Crippen molar-refractivity contribution in [2.45, 2.75) is 50.9 Å². The van der Waals surface area contributed by atoms with Crippen molar-refractivity contribution in [2.24, 2.45) is 5.92 Å². The van der Waals surface area contributed by atoms with Crippen LogP contribution in [0, 0.1) is 23.5 Å². The lowest BCUT2D eigenvalue weighted by atomic mass is 9.76. The van der Waals surface area contributed by atoms with Gasteiger partial charge < -0.3 is 0 Å². The van der Waals surface area contributed by atoms with Crippen molar-refractivity contribution < 1.29 is 8.78 Å². The third-order valence-electron chi connectivity index (χ3n) is 6.45. The third kappa shape index (κ3) is 6.72. The lowest BCUT2D eigenvalue weighted by Crippen LogP contribution is -2.15. The molecule has 173 valence electrons. The van der Waals surface area contributed by atoms with Crippen LogP contribution in [0.15, 0.2) is 60.7 Å². The highest BCUT2D eigenvalue weighted by molar-refractivity contribution is 6.35. The molecular formula is C28H26Cl3F2. The molecule has 0 saturated heterocycles. The van der Waals surface area contributed by atoms with Gasteiger partial charge >= 0.3 is 0 Å². The predicted molar refractivity (Wildman–Crippen MR) is 134 cm³/mol. The molecule has 0 N–H and O–H groups in total. The molecule has 1 fully saturated rings. The molecule has 5 heteroatoms. The summed E-state index contributed by atoms with van der Waals surface area (Å²) in [4.78, 5) is 0. The Kier molecular flexibility index (Phi) is 8.33. The first kappa shape index (κ1) is 24.5. The zero-order valence-electron chi connectivity index (χ0n) is 18.3. The fourth-order valence-electron chi connectivity index (χ4n) is 4.63. The first-order valence-electron chi connectivity index (χ1n) is 11.4. The van der Waals surface area contributed by atoms with Crippen molar-refractivity contribution in [3.05, 3.63) is 110 Å². The van der Waals surface area contributed by atoms with E-state index in [0.29, 0.717) is 33.9 Å². The summed E-state index contributed by atoms with van der Waals surface area (Å²) in [7, 11) is 0. The maximum atomic E-state index is 14.3. The van der Waals surface area contributed by atoms with Crippen LogP contribution in [0.2, 0.25) is 15.1 Å². The molecule has 4 rings (SSSR count). The summed E-state index contributed by atoms with van der Waals surface area (Å²) in [5.74, 6) is 1.33. The zero-order chi connectivity index (χ0) is 23.4. The van der Waals surface area contributed by atoms with Crippen LogP contribution in [0.5, 0.6) is 0 Å². The van der Waals surface area contributed by atoms with Gasteiger partial charge in [-0.3, -0.25) is 0 Å². The number of halogens is 5. The maximum Gasteiger partial charge on any atom is 0.129 e. The van der Waals surface area contributed by atoms with Gasteiger partial charge in [0.2, 0.25) is 0 Å². The number of hydrogen-bond acceptors (Lipinski definition) is 0. The Morgan fingerprint density at radius 1 is 0.788 bits per heavy atom. The van der Waals surface area contributed by atoms with E-state index in [4.69, 9.17) is 34.8 Å². The molecule has 0 aromatic heterocycles. The second-order valence-electron chi connectivity index (χ2n) is 8.85. The van der Waals surface area contributed by atoms with E-state index < -0.39 is 11.6 Å². The van der Waals surface area contributed by atoms with Crippen LogP contribution < -0.4 is 0 Å². The highest BCUT2D eigenvalue weighted by Gasteiger charge is 2.37. The van der Waals surface area contributed by atoms with Gasteiger partial charge in [0.1, 0.15) is 11.6 Å². The van der Waals surface area contributed by atoms with E-state index in [0.717, 1.165) is 42.3 Å². The lowest BCUT2D eigenvalue weighted by molar-refractivity contribution is 0.513. The Balaban J connectivity index is 1.51. The van der Waals surface area contributed by atoms with Gasteiger partial charge in [0.15, 0.2) is 0 Å². The number of hydrogen-bond donors (Lipinski definition) is 0. The number of benzene rings is 3. The van der Waals surface area contributed by atoms with Crippen molar-refractivity contribution in [3.8, 4) is 0 Å². The topological polar surface area (TPSA) is 0 Å². The predicted octanol–water partition coefficient (Wildman–Crippen LogP) is 9.65. The molecule has 1 atom stereocenters. The molecule has 33 heavy (non-hydrogen) atoms. The van der Waals surface area contributed by atoms with Crippen molar-refractivity contribution in [1.82, 2.24) is 0 Å². The SMILES string of the molecule is Fc1ccc(CC[C](CCCc2ccc(Cl)cc2Cl)C(c2ccc(Cl)cc2)C2CC2)c(F)c1. The second kappa shape index (κ2) is 11.2. The quantitative estimate of drug-likeness (QED) is 0.257. The van der Waals surface area contributed by atoms with E-state index in [9.17, 15) is 8.78 Å². The Bertz CT molecular complexity index is 1080. The molecule has 0 spiro atoms. The van der Waals surface area contributed by atoms with E-state index in [1.54, 1.807) is 12.1 Å². The first-order chi connectivity index (χ1) is 15.9. The smallest absolute Gasteiger partial charge is 0.129 e. The highest BCUT2D eigenvalue weighted by Crippen LogP contribution is 2.50. The van der Waals surface area contributed by atoms with E-state index in [1.165, 1.54) is 30.4 Å². The van der Waals surface area contributed by atoms with Crippen LogP contribution >= 0.6 is 34.8 Å². The molecule has 0 nitrogen and oxygen atoms in total. The highest BCUT2D eigenvalue weighted by atomic mass is 35.5. The first-order valence-corrected chi connectivity index (χ1v) is 12.5. The maximum absolute atomic E-state index is 14.3. The standard InChI is InChI=1S/C28H26Cl3F2/c29-23-12-9-22(10-13-23)28(21-6-7-21)20(5-4-19-11-15-25(32)17-27(19)33)3-1-2-18-8-14-24(30)16-26(18)31/h8-17,21,28H,1-7H2. The molecule has 0 aliphatic heterocycles. The van der Waals surface area contributed by atoms with E-state index in [-0.39, 0.29) is 0 Å². The van der Waals surface area contributed by atoms with Crippen molar-refractivity contribution in [3.63, 3.8) is 0 Å². The van der Waals surface area contributed by atoms with Crippen LogP contribution in [0.25, 0.3) is 0 Å². The van der Waals surface area contributed by atoms with Gasteiger partial charge in [0.05, 0.1) is 0 Å². The Hall–Kier alpha value is -1.61. The van der Waals surface area contributed by atoms with Gasteiger partial charge in [-0.15, -0.1) is 0 Å². The zero-order valence-corrected chi connectivity index (χ0v) is 20.5. The minimum atomic E-state index is -0.544. The Morgan fingerprint density at radius 3 is 2.15 bits per heavy atom. The van der Waals surface area contributed by atoms with E-state index in [1.807, 2.05) is 24.3 Å². The van der Waals surface area contributed by atoms with Gasteiger partial charge in [-0.25, -0.2) is 8.78 Å². The number of rotatable bonds is 10. The van der Waals surface area contributed by atoms with Crippen molar-refractivity contribution in [2.75, 3.05) is 0 Å². The Labute approximate surface area is 209 Å².